The first-order valence-corrected chi connectivity index (χ1v) is 8.77. The first kappa shape index (κ1) is 15.2. The van der Waals surface area contributed by atoms with E-state index in [9.17, 15) is 4.79 Å². The van der Waals surface area contributed by atoms with Gasteiger partial charge >= 0.3 is 6.03 Å². The fraction of sp³-hybridized carbons (Fsp3) is 0.400. The topological polar surface area (TPSA) is 45.2 Å². The number of aromatic nitrogens is 1. The minimum atomic E-state index is 0.0411. The second-order valence-corrected chi connectivity index (χ2v) is 7.05. The summed E-state index contributed by atoms with van der Waals surface area (Å²) in [7, 11) is 0. The zero-order valence-electron chi connectivity index (χ0n) is 14.0. The lowest BCUT2D eigenvalue weighted by Crippen LogP contribution is -2.33. The van der Waals surface area contributed by atoms with Gasteiger partial charge in [0.2, 0.25) is 0 Å². The first-order valence-electron chi connectivity index (χ1n) is 8.77. The second-order valence-electron chi connectivity index (χ2n) is 7.05. The Kier molecular flexibility index (Phi) is 3.97. The zero-order valence-corrected chi connectivity index (χ0v) is 14.0. The minimum absolute atomic E-state index is 0.0411. The fourth-order valence-electron chi connectivity index (χ4n) is 4.08. The summed E-state index contributed by atoms with van der Waals surface area (Å²) in [6.45, 7) is 3.86. The van der Waals surface area contributed by atoms with Gasteiger partial charge in [0.15, 0.2) is 0 Å². The lowest BCUT2D eigenvalue weighted by atomic mass is 10.0. The number of pyridine rings is 1. The van der Waals surface area contributed by atoms with Crippen LogP contribution in [0, 0.1) is 18.8 Å². The number of hydrogen-bond acceptors (Lipinski definition) is 2. The molecule has 2 amide bonds. The zero-order chi connectivity index (χ0) is 16.5. The van der Waals surface area contributed by atoms with Crippen LogP contribution >= 0.6 is 0 Å². The first-order chi connectivity index (χ1) is 11.7. The van der Waals surface area contributed by atoms with Crippen molar-refractivity contribution in [2.45, 2.75) is 26.2 Å². The summed E-state index contributed by atoms with van der Waals surface area (Å²) in [6.07, 6.45) is 7.47. The molecule has 4 heteroatoms. The van der Waals surface area contributed by atoms with Crippen molar-refractivity contribution in [1.29, 1.82) is 0 Å². The molecule has 24 heavy (non-hydrogen) atoms. The summed E-state index contributed by atoms with van der Waals surface area (Å²) in [5.74, 6) is 1.44. The molecule has 4 nitrogen and oxygen atoms in total. The Morgan fingerprint density at radius 3 is 2.50 bits per heavy atom. The Morgan fingerprint density at radius 2 is 1.79 bits per heavy atom. The van der Waals surface area contributed by atoms with Gasteiger partial charge in [-0.2, -0.15) is 0 Å². The van der Waals surface area contributed by atoms with Gasteiger partial charge in [0, 0.05) is 31.2 Å². The summed E-state index contributed by atoms with van der Waals surface area (Å²) >= 11 is 0. The molecule has 2 atom stereocenters. The van der Waals surface area contributed by atoms with Crippen molar-refractivity contribution < 1.29 is 4.79 Å². The molecule has 124 valence electrons. The van der Waals surface area contributed by atoms with Crippen LogP contribution in [-0.4, -0.2) is 29.0 Å². The third kappa shape index (κ3) is 2.88. The van der Waals surface area contributed by atoms with Crippen molar-refractivity contribution in [3.8, 4) is 11.1 Å². The van der Waals surface area contributed by atoms with Gasteiger partial charge in [-0.3, -0.25) is 4.98 Å². The number of amides is 2. The van der Waals surface area contributed by atoms with Gasteiger partial charge in [-0.1, -0.05) is 18.6 Å². The normalized spacial score (nSPS) is 22.5. The quantitative estimate of drug-likeness (QED) is 0.895. The molecular formula is C20H23N3O. The molecule has 1 aliphatic heterocycles. The van der Waals surface area contributed by atoms with E-state index in [0.717, 1.165) is 47.3 Å². The maximum atomic E-state index is 12.7. The molecule has 2 aliphatic rings. The summed E-state index contributed by atoms with van der Waals surface area (Å²) in [4.78, 5) is 18.7. The highest BCUT2D eigenvalue weighted by molar-refractivity contribution is 5.91. The number of aryl methyl sites for hydroxylation is 1. The molecule has 2 aromatic rings. The van der Waals surface area contributed by atoms with Crippen LogP contribution in [0.1, 0.15) is 24.8 Å². The molecule has 1 aliphatic carbocycles. The number of carbonyl (C=O) groups excluding carboxylic acids is 1. The molecule has 2 fully saturated rings. The van der Waals surface area contributed by atoms with Crippen molar-refractivity contribution in [1.82, 2.24) is 9.88 Å². The molecule has 1 aromatic heterocycles. The van der Waals surface area contributed by atoms with Gasteiger partial charge in [0.1, 0.15) is 0 Å². The van der Waals surface area contributed by atoms with Crippen molar-refractivity contribution in [2.75, 3.05) is 18.4 Å². The average molecular weight is 321 g/mol. The van der Waals surface area contributed by atoms with Crippen LogP contribution < -0.4 is 5.32 Å². The van der Waals surface area contributed by atoms with Crippen molar-refractivity contribution >= 4 is 11.7 Å². The van der Waals surface area contributed by atoms with Gasteiger partial charge < -0.3 is 10.2 Å². The van der Waals surface area contributed by atoms with E-state index in [1.54, 1.807) is 12.4 Å². The second kappa shape index (κ2) is 6.27. The number of hydrogen-bond donors (Lipinski definition) is 1. The molecule has 0 radical (unpaired) electrons. The standard InChI is InChI=1S/C20H23N3O/c1-14-5-6-16(15-7-9-21-10-8-15)11-19(14)22-20(24)23-12-17-3-2-4-18(17)13-23/h5-11,17-18H,2-4,12-13H2,1H3,(H,22,24). The van der Waals surface area contributed by atoms with Crippen LogP contribution in [0.2, 0.25) is 0 Å². The van der Waals surface area contributed by atoms with Gasteiger partial charge in [-0.25, -0.2) is 4.79 Å². The maximum Gasteiger partial charge on any atom is 0.321 e. The Labute approximate surface area is 142 Å². The van der Waals surface area contributed by atoms with Crippen molar-refractivity contribution in [3.05, 3.63) is 48.3 Å². The van der Waals surface area contributed by atoms with E-state index in [-0.39, 0.29) is 6.03 Å². The molecule has 2 unspecified atom stereocenters. The largest absolute Gasteiger partial charge is 0.324 e. The molecule has 4 rings (SSSR count). The number of likely N-dealkylation sites (tertiary alicyclic amines) is 1. The Hall–Kier alpha value is -2.36. The van der Waals surface area contributed by atoms with E-state index in [0.29, 0.717) is 0 Å². The summed E-state index contributed by atoms with van der Waals surface area (Å²) in [5, 5.41) is 3.12. The molecule has 1 aromatic carbocycles. The molecule has 0 bridgehead atoms. The van der Waals surface area contributed by atoms with Crippen LogP contribution in [0.3, 0.4) is 0 Å². The molecule has 1 saturated heterocycles. The lowest BCUT2D eigenvalue weighted by Gasteiger charge is -2.19. The molecule has 1 N–H and O–H groups in total. The maximum absolute atomic E-state index is 12.7. The van der Waals surface area contributed by atoms with E-state index in [4.69, 9.17) is 0 Å². The van der Waals surface area contributed by atoms with E-state index < -0.39 is 0 Å². The van der Waals surface area contributed by atoms with Gasteiger partial charge in [0.05, 0.1) is 0 Å². The Balaban J connectivity index is 1.51. The summed E-state index contributed by atoms with van der Waals surface area (Å²) in [5.41, 5.74) is 4.18. The highest BCUT2D eigenvalue weighted by atomic mass is 16.2. The third-order valence-corrected chi connectivity index (χ3v) is 5.51. The number of fused-ring (bicyclic) bond motifs is 1. The monoisotopic (exact) mass is 321 g/mol. The number of nitrogens with one attached hydrogen (secondary N) is 1. The predicted octanol–water partition coefficient (Wildman–Crippen LogP) is 4.32. The van der Waals surface area contributed by atoms with Crippen LogP contribution in [0.5, 0.6) is 0 Å². The fourth-order valence-corrected chi connectivity index (χ4v) is 4.08. The molecule has 0 spiro atoms. The number of nitrogens with zero attached hydrogens (tertiary/aromatic N) is 2. The van der Waals surface area contributed by atoms with Gasteiger partial charge in [-0.15, -0.1) is 0 Å². The SMILES string of the molecule is Cc1ccc(-c2ccncc2)cc1NC(=O)N1CC2CCCC2C1. The Morgan fingerprint density at radius 1 is 1.08 bits per heavy atom. The van der Waals surface area contributed by atoms with Crippen LogP contribution in [0.4, 0.5) is 10.5 Å². The van der Waals surface area contributed by atoms with Crippen LogP contribution in [-0.2, 0) is 0 Å². The number of rotatable bonds is 2. The van der Waals surface area contributed by atoms with Gasteiger partial charge in [0.25, 0.3) is 0 Å². The average Bonchev–Trinajstić information content (AvgIpc) is 3.19. The summed E-state index contributed by atoms with van der Waals surface area (Å²) < 4.78 is 0. The van der Waals surface area contributed by atoms with E-state index in [1.165, 1.54) is 19.3 Å². The van der Waals surface area contributed by atoms with Crippen LogP contribution in [0.25, 0.3) is 11.1 Å². The van der Waals surface area contributed by atoms with E-state index in [1.807, 2.05) is 24.0 Å². The van der Waals surface area contributed by atoms with E-state index >= 15 is 0 Å². The molecule has 2 heterocycles. The number of carbonyl (C=O) groups is 1. The lowest BCUT2D eigenvalue weighted by molar-refractivity contribution is 0.219. The number of benzene rings is 1. The third-order valence-electron chi connectivity index (χ3n) is 5.51. The number of anilines is 1. The van der Waals surface area contributed by atoms with Crippen molar-refractivity contribution in [2.24, 2.45) is 11.8 Å². The molecule has 1 saturated carbocycles. The highest BCUT2D eigenvalue weighted by Gasteiger charge is 2.38. The summed E-state index contributed by atoms with van der Waals surface area (Å²) in [6, 6.07) is 10.2. The smallest absolute Gasteiger partial charge is 0.321 e. The highest BCUT2D eigenvalue weighted by Crippen LogP contribution is 2.38. The van der Waals surface area contributed by atoms with Crippen molar-refractivity contribution in [3.63, 3.8) is 0 Å². The number of urea groups is 1. The van der Waals surface area contributed by atoms with E-state index in [2.05, 4.69) is 28.5 Å². The molecular weight excluding hydrogens is 298 g/mol. The predicted molar refractivity (Wildman–Crippen MR) is 95.8 cm³/mol. The van der Waals surface area contributed by atoms with Crippen LogP contribution in [0.15, 0.2) is 42.7 Å². The minimum Gasteiger partial charge on any atom is -0.324 e. The Bertz CT molecular complexity index is 732. The van der Waals surface area contributed by atoms with Gasteiger partial charge in [-0.05, 0) is 66.5 Å².